The van der Waals surface area contributed by atoms with Crippen molar-refractivity contribution < 1.29 is 4.79 Å². The smallest absolute Gasteiger partial charge is 0.159 e. The zero-order valence-corrected chi connectivity index (χ0v) is 20.0. The molecule has 3 nitrogen and oxygen atoms in total. The van der Waals surface area contributed by atoms with E-state index in [2.05, 4.69) is 52.6 Å². The summed E-state index contributed by atoms with van der Waals surface area (Å²) >= 11 is 0. The van der Waals surface area contributed by atoms with Gasteiger partial charge in [-0.1, -0.05) is 72.2 Å². The Morgan fingerprint density at radius 2 is 1.62 bits per heavy atom. The van der Waals surface area contributed by atoms with Crippen molar-refractivity contribution in [1.82, 2.24) is 4.98 Å². The molecule has 0 radical (unpaired) electrons. The Morgan fingerprint density at radius 3 is 2.00 bits per heavy atom. The summed E-state index contributed by atoms with van der Waals surface area (Å²) in [5.74, 6) is 0.962. The van der Waals surface area contributed by atoms with Gasteiger partial charge >= 0.3 is 0 Å². The lowest BCUT2D eigenvalue weighted by Crippen LogP contribution is -2.16. The highest BCUT2D eigenvalue weighted by atomic mass is 16.1. The van der Waals surface area contributed by atoms with Crippen LogP contribution in [0.15, 0.2) is 35.3 Å². The Morgan fingerprint density at radius 1 is 1.10 bits per heavy atom. The first-order valence-corrected chi connectivity index (χ1v) is 10.5. The SMILES string of the molecule is CCC(C)C.CN=C(C)c1c(-c2ccc(C(C)=O)cc2)cc(C(C)(C)C)nc1C. The van der Waals surface area contributed by atoms with E-state index in [9.17, 15) is 4.79 Å². The van der Waals surface area contributed by atoms with Crippen molar-refractivity contribution in [2.24, 2.45) is 10.9 Å². The number of aliphatic imine (C=N–C) groups is 1. The minimum atomic E-state index is -0.0331. The van der Waals surface area contributed by atoms with Crippen LogP contribution in [0.1, 0.15) is 89.1 Å². The average molecular weight is 395 g/mol. The molecule has 158 valence electrons. The van der Waals surface area contributed by atoms with Crippen LogP contribution in [0, 0.1) is 12.8 Å². The lowest BCUT2D eigenvalue weighted by molar-refractivity contribution is 0.101. The van der Waals surface area contributed by atoms with Crippen LogP contribution in [-0.2, 0) is 5.41 Å². The number of rotatable bonds is 4. The van der Waals surface area contributed by atoms with Crippen molar-refractivity contribution in [2.45, 2.75) is 74.1 Å². The summed E-state index contributed by atoms with van der Waals surface area (Å²) in [5, 5.41) is 0. The molecule has 0 atom stereocenters. The summed E-state index contributed by atoms with van der Waals surface area (Å²) < 4.78 is 0. The van der Waals surface area contributed by atoms with Crippen molar-refractivity contribution in [1.29, 1.82) is 0 Å². The Hall–Kier alpha value is -2.29. The van der Waals surface area contributed by atoms with Gasteiger partial charge in [0.05, 0.1) is 0 Å². The minimum Gasteiger partial charge on any atom is -0.295 e. The molecule has 0 fully saturated rings. The third-order valence-electron chi connectivity index (χ3n) is 5.08. The molecule has 0 aliphatic heterocycles. The van der Waals surface area contributed by atoms with E-state index in [-0.39, 0.29) is 11.2 Å². The molecule has 0 bridgehead atoms. The van der Waals surface area contributed by atoms with Crippen LogP contribution in [0.5, 0.6) is 0 Å². The van der Waals surface area contributed by atoms with E-state index in [4.69, 9.17) is 4.98 Å². The number of Topliss-reactive ketones (excluding diaryl/α,β-unsaturated/α-hetero) is 1. The van der Waals surface area contributed by atoms with Gasteiger partial charge in [-0.15, -0.1) is 0 Å². The zero-order chi connectivity index (χ0) is 22.4. The van der Waals surface area contributed by atoms with Crippen LogP contribution in [-0.4, -0.2) is 23.5 Å². The minimum absolute atomic E-state index is 0.0331. The number of carbonyl (C=O) groups is 1. The summed E-state index contributed by atoms with van der Waals surface area (Å²) in [6, 6.07) is 9.92. The maximum atomic E-state index is 11.5. The molecule has 3 heteroatoms. The molecule has 1 heterocycles. The summed E-state index contributed by atoms with van der Waals surface area (Å²) in [6.07, 6.45) is 1.31. The first-order valence-electron chi connectivity index (χ1n) is 10.5. The van der Waals surface area contributed by atoms with Crippen LogP contribution in [0.25, 0.3) is 11.1 Å². The topological polar surface area (TPSA) is 42.3 Å². The lowest BCUT2D eigenvalue weighted by Gasteiger charge is -2.22. The predicted molar refractivity (Wildman–Crippen MR) is 126 cm³/mol. The molecule has 0 N–H and O–H groups in total. The van der Waals surface area contributed by atoms with Gasteiger partial charge in [-0.3, -0.25) is 14.8 Å². The fourth-order valence-electron chi connectivity index (χ4n) is 2.74. The lowest BCUT2D eigenvalue weighted by atomic mass is 9.87. The molecular formula is C26H38N2O. The van der Waals surface area contributed by atoms with Crippen molar-refractivity contribution >= 4 is 11.5 Å². The second-order valence-corrected chi connectivity index (χ2v) is 9.01. The van der Waals surface area contributed by atoms with E-state index in [1.54, 1.807) is 14.0 Å². The summed E-state index contributed by atoms with van der Waals surface area (Å²) in [4.78, 5) is 20.7. The fourth-order valence-corrected chi connectivity index (χ4v) is 2.74. The number of carbonyl (C=O) groups excluding carboxylic acids is 1. The monoisotopic (exact) mass is 394 g/mol. The van der Waals surface area contributed by atoms with Crippen LogP contribution in [0.3, 0.4) is 0 Å². The van der Waals surface area contributed by atoms with Gasteiger partial charge in [-0.25, -0.2) is 0 Å². The van der Waals surface area contributed by atoms with Crippen LogP contribution >= 0.6 is 0 Å². The van der Waals surface area contributed by atoms with Gasteiger partial charge in [-0.05, 0) is 43.9 Å². The molecule has 0 unspecified atom stereocenters. The number of nitrogens with zero attached hydrogens (tertiary/aromatic N) is 2. The largest absolute Gasteiger partial charge is 0.295 e. The van der Waals surface area contributed by atoms with E-state index in [1.807, 2.05) is 38.1 Å². The van der Waals surface area contributed by atoms with E-state index in [0.717, 1.165) is 45.3 Å². The van der Waals surface area contributed by atoms with Gasteiger partial charge < -0.3 is 0 Å². The molecule has 1 aromatic carbocycles. The highest BCUT2D eigenvalue weighted by molar-refractivity contribution is 6.05. The van der Waals surface area contributed by atoms with Crippen LogP contribution < -0.4 is 0 Å². The highest BCUT2D eigenvalue weighted by Gasteiger charge is 2.21. The normalized spacial score (nSPS) is 11.9. The van der Waals surface area contributed by atoms with E-state index < -0.39 is 0 Å². The highest BCUT2D eigenvalue weighted by Crippen LogP contribution is 2.31. The summed E-state index contributed by atoms with van der Waals surface area (Å²) in [5.41, 5.74) is 6.96. The van der Waals surface area contributed by atoms with Crippen molar-refractivity contribution in [2.75, 3.05) is 7.05 Å². The van der Waals surface area contributed by atoms with Crippen molar-refractivity contribution in [3.05, 3.63) is 52.8 Å². The third kappa shape index (κ3) is 6.92. The molecule has 0 aliphatic carbocycles. The Bertz CT molecular complexity index is 854. The number of aryl methyl sites for hydroxylation is 1. The van der Waals surface area contributed by atoms with Gasteiger partial charge in [-0.2, -0.15) is 0 Å². The average Bonchev–Trinajstić information content (AvgIpc) is 2.66. The summed E-state index contributed by atoms with van der Waals surface area (Å²) in [6.45, 7) is 18.8. The standard InChI is InChI=1S/C21H26N2O.C5H12/c1-13(22-7)20-14(2)23-19(21(4,5)6)12-18(20)17-10-8-16(9-11-17)15(3)24;1-4-5(2)3/h8-12H,1-7H3;5H,4H2,1-3H3. The van der Waals surface area contributed by atoms with Gasteiger partial charge in [0.1, 0.15) is 0 Å². The van der Waals surface area contributed by atoms with E-state index >= 15 is 0 Å². The molecule has 0 amide bonds. The number of benzene rings is 1. The first kappa shape index (κ1) is 24.7. The molecule has 0 saturated carbocycles. The first-order chi connectivity index (χ1) is 13.4. The number of ketones is 1. The molecule has 2 aromatic rings. The quantitative estimate of drug-likeness (QED) is 0.412. The zero-order valence-electron chi connectivity index (χ0n) is 20.0. The van der Waals surface area contributed by atoms with Crippen LogP contribution in [0.2, 0.25) is 0 Å². The number of hydrogen-bond donors (Lipinski definition) is 0. The molecule has 29 heavy (non-hydrogen) atoms. The summed E-state index contributed by atoms with van der Waals surface area (Å²) in [7, 11) is 1.80. The van der Waals surface area contributed by atoms with Gasteiger partial charge in [0, 0.05) is 40.7 Å². The number of aromatic nitrogens is 1. The predicted octanol–water partition coefficient (Wildman–Crippen LogP) is 7.05. The molecule has 0 aliphatic rings. The second-order valence-electron chi connectivity index (χ2n) is 9.01. The fraction of sp³-hybridized carbons (Fsp3) is 0.500. The van der Waals surface area contributed by atoms with Crippen molar-refractivity contribution in [3.8, 4) is 11.1 Å². The van der Waals surface area contributed by atoms with Crippen LogP contribution in [0.4, 0.5) is 0 Å². The maximum absolute atomic E-state index is 11.5. The van der Waals surface area contributed by atoms with Gasteiger partial charge in [0.25, 0.3) is 0 Å². The third-order valence-corrected chi connectivity index (χ3v) is 5.08. The molecular weight excluding hydrogens is 356 g/mol. The Kier molecular flexibility index (Phi) is 8.94. The number of hydrogen-bond acceptors (Lipinski definition) is 3. The van der Waals surface area contributed by atoms with Gasteiger partial charge in [0.15, 0.2) is 5.78 Å². The number of pyridine rings is 1. The Balaban J connectivity index is 0.000000749. The molecule has 0 saturated heterocycles. The van der Waals surface area contributed by atoms with Crippen molar-refractivity contribution in [3.63, 3.8) is 0 Å². The second kappa shape index (κ2) is 10.5. The van der Waals surface area contributed by atoms with E-state index in [1.165, 1.54) is 6.42 Å². The maximum Gasteiger partial charge on any atom is 0.159 e. The Labute approximate surface area is 177 Å². The molecule has 0 spiro atoms. The van der Waals surface area contributed by atoms with Gasteiger partial charge in [0.2, 0.25) is 0 Å². The van der Waals surface area contributed by atoms with E-state index in [0.29, 0.717) is 0 Å². The molecule has 2 rings (SSSR count). The molecule has 1 aromatic heterocycles.